The molecule has 0 unspecified atom stereocenters. The highest BCUT2D eigenvalue weighted by atomic mass is 16.4. The molecule has 2 aromatic carbocycles. The van der Waals surface area contributed by atoms with Crippen molar-refractivity contribution in [3.8, 4) is 5.75 Å². The van der Waals surface area contributed by atoms with Crippen molar-refractivity contribution < 1.29 is 19.8 Å². The zero-order valence-electron chi connectivity index (χ0n) is 12.7. The van der Waals surface area contributed by atoms with Gasteiger partial charge >= 0.3 is 5.97 Å². The molecule has 0 heterocycles. The van der Waals surface area contributed by atoms with E-state index in [4.69, 9.17) is 5.11 Å². The Balaban J connectivity index is 1.92. The van der Waals surface area contributed by atoms with Crippen LogP contribution in [-0.2, 0) is 17.8 Å². The van der Waals surface area contributed by atoms with Crippen molar-refractivity contribution in [1.82, 2.24) is 10.4 Å². The Morgan fingerprint density at radius 2 is 1.83 bits per heavy atom. The van der Waals surface area contributed by atoms with Crippen molar-refractivity contribution in [2.45, 2.75) is 13.0 Å². The summed E-state index contributed by atoms with van der Waals surface area (Å²) < 4.78 is 0. The molecule has 0 spiro atoms. The van der Waals surface area contributed by atoms with E-state index in [1.165, 1.54) is 23.2 Å². The van der Waals surface area contributed by atoms with E-state index in [1.54, 1.807) is 7.05 Å². The standard InChI is InChI=1S/C17H18N2O4/c1-19(16(21)9-12-5-3-2-4-6-12)18-11-14-8-7-13(17(22)23)10-15(14)20/h2-8,10,18,20H,9,11H2,1H3,(H,22,23). The smallest absolute Gasteiger partial charge is 0.335 e. The Bertz CT molecular complexity index is 701. The molecule has 6 nitrogen and oxygen atoms in total. The number of nitrogens with one attached hydrogen (secondary N) is 1. The third-order valence-electron chi connectivity index (χ3n) is 3.41. The molecule has 3 N–H and O–H groups in total. The van der Waals surface area contributed by atoms with E-state index in [1.807, 2.05) is 30.3 Å². The number of phenolic OH excluding ortho intramolecular Hbond substituents is 1. The molecule has 6 heteroatoms. The summed E-state index contributed by atoms with van der Waals surface area (Å²) >= 11 is 0. The van der Waals surface area contributed by atoms with Gasteiger partial charge in [-0.2, -0.15) is 0 Å². The number of phenols is 1. The van der Waals surface area contributed by atoms with Gasteiger partial charge in [-0.15, -0.1) is 0 Å². The molecule has 2 aromatic rings. The predicted molar refractivity (Wildman–Crippen MR) is 84.8 cm³/mol. The normalized spacial score (nSPS) is 10.3. The van der Waals surface area contributed by atoms with Crippen LogP contribution >= 0.6 is 0 Å². The summed E-state index contributed by atoms with van der Waals surface area (Å²) in [7, 11) is 1.61. The lowest BCUT2D eigenvalue weighted by atomic mass is 10.1. The number of carbonyl (C=O) groups excluding carboxylic acids is 1. The van der Waals surface area contributed by atoms with Gasteiger partial charge in [0.15, 0.2) is 0 Å². The van der Waals surface area contributed by atoms with Crippen LogP contribution in [0.4, 0.5) is 0 Å². The molecule has 0 aromatic heterocycles. The van der Waals surface area contributed by atoms with Crippen LogP contribution in [0, 0.1) is 0 Å². The lowest BCUT2D eigenvalue weighted by Crippen LogP contribution is -2.39. The Labute approximate surface area is 134 Å². The number of aromatic carboxylic acids is 1. The highest BCUT2D eigenvalue weighted by Gasteiger charge is 2.11. The average Bonchev–Trinajstić information content (AvgIpc) is 2.54. The summed E-state index contributed by atoms with van der Waals surface area (Å²) in [4.78, 5) is 22.9. The number of hydrazine groups is 1. The second-order valence-electron chi connectivity index (χ2n) is 5.10. The SMILES string of the molecule is CN(NCc1ccc(C(=O)O)cc1O)C(=O)Cc1ccccc1. The molecule has 120 valence electrons. The van der Waals surface area contributed by atoms with E-state index in [0.717, 1.165) is 5.56 Å². The number of carboxylic acid groups (broad SMARTS) is 1. The lowest BCUT2D eigenvalue weighted by molar-refractivity contribution is -0.132. The second kappa shape index (κ2) is 7.42. The van der Waals surface area contributed by atoms with E-state index in [0.29, 0.717) is 5.56 Å². The maximum Gasteiger partial charge on any atom is 0.335 e. The molecule has 0 atom stereocenters. The number of amides is 1. The Kier molecular flexibility index (Phi) is 5.32. The van der Waals surface area contributed by atoms with Crippen molar-refractivity contribution in [2.75, 3.05) is 7.05 Å². The van der Waals surface area contributed by atoms with E-state index in [9.17, 15) is 14.7 Å². The molecular weight excluding hydrogens is 296 g/mol. The third kappa shape index (κ3) is 4.55. The molecule has 1 amide bonds. The molecule has 0 saturated carbocycles. The number of hydrogen-bond acceptors (Lipinski definition) is 4. The first kappa shape index (κ1) is 16.5. The topological polar surface area (TPSA) is 89.9 Å². The number of benzene rings is 2. The van der Waals surface area contributed by atoms with Crippen LogP contribution in [0.25, 0.3) is 0 Å². The highest BCUT2D eigenvalue weighted by Crippen LogP contribution is 2.18. The maximum absolute atomic E-state index is 12.1. The van der Waals surface area contributed by atoms with Gasteiger partial charge in [-0.25, -0.2) is 10.2 Å². The van der Waals surface area contributed by atoms with Crippen molar-refractivity contribution >= 4 is 11.9 Å². The Morgan fingerprint density at radius 1 is 1.13 bits per heavy atom. The molecule has 2 rings (SSSR count). The van der Waals surface area contributed by atoms with Crippen LogP contribution in [-0.4, -0.2) is 34.1 Å². The maximum atomic E-state index is 12.1. The van der Waals surface area contributed by atoms with Gasteiger partial charge in [-0.1, -0.05) is 36.4 Å². The summed E-state index contributed by atoms with van der Waals surface area (Å²) in [5.74, 6) is -1.34. The fraction of sp³-hybridized carbons (Fsp3) is 0.176. The van der Waals surface area contributed by atoms with Crippen molar-refractivity contribution in [3.05, 3.63) is 65.2 Å². The number of hydrogen-bond donors (Lipinski definition) is 3. The first-order valence-corrected chi connectivity index (χ1v) is 7.06. The monoisotopic (exact) mass is 314 g/mol. The molecule has 0 aliphatic carbocycles. The lowest BCUT2D eigenvalue weighted by Gasteiger charge is -2.19. The number of nitrogens with zero attached hydrogens (tertiary/aromatic N) is 1. The van der Waals surface area contributed by atoms with Crippen molar-refractivity contribution in [1.29, 1.82) is 0 Å². The first-order valence-electron chi connectivity index (χ1n) is 7.06. The zero-order valence-corrected chi connectivity index (χ0v) is 12.7. The molecule has 0 saturated heterocycles. The second-order valence-corrected chi connectivity index (χ2v) is 5.10. The first-order chi connectivity index (χ1) is 11.0. The highest BCUT2D eigenvalue weighted by molar-refractivity contribution is 5.88. The summed E-state index contributed by atoms with van der Waals surface area (Å²) in [6.07, 6.45) is 0.272. The molecule has 0 aliphatic rings. The molecule has 0 fully saturated rings. The molecule has 0 radical (unpaired) electrons. The fourth-order valence-electron chi connectivity index (χ4n) is 2.03. The summed E-state index contributed by atoms with van der Waals surface area (Å²) in [6.45, 7) is 0.211. The minimum Gasteiger partial charge on any atom is -0.508 e. The quantitative estimate of drug-likeness (QED) is 0.707. The van der Waals surface area contributed by atoms with Gasteiger partial charge in [0, 0.05) is 19.2 Å². The average molecular weight is 314 g/mol. The number of aromatic hydroxyl groups is 1. The predicted octanol–water partition coefficient (Wildman–Crippen LogP) is 1.80. The van der Waals surface area contributed by atoms with Crippen molar-refractivity contribution in [2.24, 2.45) is 0 Å². The number of rotatable bonds is 6. The number of likely N-dealkylation sites (N-methyl/N-ethyl adjacent to an activating group) is 1. The summed E-state index contributed by atoms with van der Waals surface area (Å²) in [6, 6.07) is 13.5. The number of carbonyl (C=O) groups is 2. The van der Waals surface area contributed by atoms with Crippen LogP contribution in [0.3, 0.4) is 0 Å². The fourth-order valence-corrected chi connectivity index (χ4v) is 2.03. The molecule has 23 heavy (non-hydrogen) atoms. The van der Waals surface area contributed by atoms with E-state index in [2.05, 4.69) is 5.43 Å². The van der Waals surface area contributed by atoms with Crippen LogP contribution < -0.4 is 5.43 Å². The van der Waals surface area contributed by atoms with Gasteiger partial charge in [-0.05, 0) is 17.7 Å². The van der Waals surface area contributed by atoms with E-state index in [-0.39, 0.29) is 30.2 Å². The van der Waals surface area contributed by atoms with Crippen LogP contribution in [0.2, 0.25) is 0 Å². The van der Waals surface area contributed by atoms with Crippen LogP contribution in [0.1, 0.15) is 21.5 Å². The minimum absolute atomic E-state index is 0.0137. The van der Waals surface area contributed by atoms with E-state index >= 15 is 0 Å². The van der Waals surface area contributed by atoms with Crippen LogP contribution in [0.15, 0.2) is 48.5 Å². The van der Waals surface area contributed by atoms with Gasteiger partial charge in [0.25, 0.3) is 0 Å². The van der Waals surface area contributed by atoms with Gasteiger partial charge in [-0.3, -0.25) is 9.80 Å². The Morgan fingerprint density at radius 3 is 2.43 bits per heavy atom. The largest absolute Gasteiger partial charge is 0.508 e. The molecule has 0 bridgehead atoms. The third-order valence-corrected chi connectivity index (χ3v) is 3.41. The van der Waals surface area contributed by atoms with Gasteiger partial charge in [0.1, 0.15) is 5.75 Å². The molecular formula is C17H18N2O4. The zero-order chi connectivity index (χ0) is 16.8. The summed E-state index contributed by atoms with van der Waals surface area (Å²) in [5, 5.41) is 20.0. The Hall–Kier alpha value is -2.86. The van der Waals surface area contributed by atoms with Crippen molar-refractivity contribution in [3.63, 3.8) is 0 Å². The molecule has 0 aliphatic heterocycles. The van der Waals surface area contributed by atoms with Crippen LogP contribution in [0.5, 0.6) is 5.75 Å². The van der Waals surface area contributed by atoms with Gasteiger partial charge < -0.3 is 10.2 Å². The number of carboxylic acids is 1. The van der Waals surface area contributed by atoms with E-state index < -0.39 is 5.97 Å². The van der Waals surface area contributed by atoms with Gasteiger partial charge in [0.2, 0.25) is 5.91 Å². The summed E-state index contributed by atoms with van der Waals surface area (Å²) in [5.41, 5.74) is 4.32. The minimum atomic E-state index is -1.10. The van der Waals surface area contributed by atoms with Gasteiger partial charge in [0.05, 0.1) is 12.0 Å².